The zero-order valence-electron chi connectivity index (χ0n) is 25.7. The number of amides is 2. The number of likely N-dealkylation sites (tertiary alicyclic amines) is 1. The van der Waals surface area contributed by atoms with Crippen LogP contribution in [0.15, 0.2) is 12.4 Å². The summed E-state index contributed by atoms with van der Waals surface area (Å²) in [6.07, 6.45) is 3.86. The van der Waals surface area contributed by atoms with Gasteiger partial charge in [-0.1, -0.05) is 13.8 Å². The maximum Gasteiger partial charge on any atom is 0.498 e. The molecule has 0 aliphatic carbocycles. The molecule has 2 amide bonds. The maximum atomic E-state index is 13.4. The molecule has 2 atom stereocenters. The maximum absolute atomic E-state index is 13.4. The Morgan fingerprint density at radius 3 is 2.18 bits per heavy atom. The van der Waals surface area contributed by atoms with E-state index in [4.69, 9.17) is 14.0 Å². The first kappa shape index (κ1) is 31.1. The van der Waals surface area contributed by atoms with Gasteiger partial charge in [0, 0.05) is 43.5 Å². The van der Waals surface area contributed by atoms with Gasteiger partial charge in [0.25, 0.3) is 0 Å². The van der Waals surface area contributed by atoms with Crippen molar-refractivity contribution >= 4 is 30.5 Å². The third-order valence-electron chi connectivity index (χ3n) is 7.72. The van der Waals surface area contributed by atoms with E-state index in [1.807, 2.05) is 46.4 Å². The second-order valence-electron chi connectivity index (χ2n) is 13.5. The van der Waals surface area contributed by atoms with Crippen LogP contribution in [0.25, 0.3) is 0 Å². The number of hydrogen-bond acceptors (Lipinski definition) is 8. The Morgan fingerprint density at radius 2 is 1.69 bits per heavy atom. The Hall–Kier alpha value is -2.40. The first-order chi connectivity index (χ1) is 17.9. The van der Waals surface area contributed by atoms with E-state index in [-0.39, 0.29) is 23.8 Å². The van der Waals surface area contributed by atoms with Crippen molar-refractivity contribution in [2.24, 2.45) is 11.8 Å². The normalized spacial score (nSPS) is 21.4. The second kappa shape index (κ2) is 11.6. The predicted molar refractivity (Wildman–Crippen MR) is 153 cm³/mol. The molecule has 2 fully saturated rings. The Balaban J connectivity index is 1.63. The summed E-state index contributed by atoms with van der Waals surface area (Å²) < 4.78 is 17.7. The highest BCUT2D eigenvalue weighted by Crippen LogP contribution is 2.36. The molecule has 2 saturated heterocycles. The highest BCUT2D eigenvalue weighted by Gasteiger charge is 2.52. The standard InChI is InChI=1S/C28H48BN5O5/c1-18(2)22(32-25(36)37-26(5,6)7)23(35)33-13-12-20(16-33)17-34(19(3)4)24-30-14-21(15-31-24)29-38-27(8,9)28(10,11)39-29/h14-15,18-20,22H,12-13,16-17H2,1-11H3,(H,32,36)/t20-,22+/m0/s1. The van der Waals surface area contributed by atoms with Gasteiger partial charge in [-0.3, -0.25) is 4.79 Å². The minimum Gasteiger partial charge on any atom is -0.444 e. The molecule has 3 heterocycles. The van der Waals surface area contributed by atoms with Gasteiger partial charge in [-0.25, -0.2) is 14.8 Å². The third kappa shape index (κ3) is 7.63. The van der Waals surface area contributed by atoms with Crippen LogP contribution in [0.3, 0.4) is 0 Å². The Kier molecular flexibility index (Phi) is 9.27. The Labute approximate surface area is 234 Å². The van der Waals surface area contributed by atoms with Crippen LogP contribution in [0.4, 0.5) is 10.7 Å². The largest absolute Gasteiger partial charge is 0.498 e. The molecular formula is C28H48BN5O5. The summed E-state index contributed by atoms with van der Waals surface area (Å²) in [5, 5.41) is 2.78. The molecule has 39 heavy (non-hydrogen) atoms. The summed E-state index contributed by atoms with van der Waals surface area (Å²) in [6, 6.07) is -0.458. The number of ether oxygens (including phenoxy) is 1. The number of anilines is 1. The monoisotopic (exact) mass is 545 g/mol. The number of aromatic nitrogens is 2. The molecule has 0 unspecified atom stereocenters. The van der Waals surface area contributed by atoms with Crippen molar-refractivity contribution < 1.29 is 23.6 Å². The quantitative estimate of drug-likeness (QED) is 0.496. The molecule has 1 aromatic rings. The summed E-state index contributed by atoms with van der Waals surface area (Å²) in [6.45, 7) is 23.6. The minimum absolute atomic E-state index is 0.0628. The van der Waals surface area contributed by atoms with E-state index >= 15 is 0 Å². The van der Waals surface area contributed by atoms with Gasteiger partial charge >= 0.3 is 13.2 Å². The molecule has 0 saturated carbocycles. The number of carbonyl (C=O) groups excluding carboxylic acids is 2. The highest BCUT2D eigenvalue weighted by molar-refractivity contribution is 6.61. The zero-order valence-corrected chi connectivity index (χ0v) is 25.7. The lowest BCUT2D eigenvalue weighted by Crippen LogP contribution is -2.51. The molecule has 2 aliphatic rings. The van der Waals surface area contributed by atoms with Crippen molar-refractivity contribution in [1.82, 2.24) is 20.2 Å². The number of nitrogens with zero attached hydrogens (tertiary/aromatic N) is 4. The van der Waals surface area contributed by atoms with E-state index in [9.17, 15) is 9.59 Å². The van der Waals surface area contributed by atoms with Crippen molar-refractivity contribution in [2.45, 2.75) is 111 Å². The van der Waals surface area contributed by atoms with E-state index in [2.05, 4.69) is 34.0 Å². The highest BCUT2D eigenvalue weighted by atomic mass is 16.7. The predicted octanol–water partition coefficient (Wildman–Crippen LogP) is 3.39. The van der Waals surface area contributed by atoms with Gasteiger partial charge in [0.05, 0.1) is 11.2 Å². The van der Waals surface area contributed by atoms with Gasteiger partial charge in [-0.2, -0.15) is 0 Å². The van der Waals surface area contributed by atoms with Crippen LogP contribution >= 0.6 is 0 Å². The van der Waals surface area contributed by atoms with Crippen molar-refractivity contribution in [3.05, 3.63) is 12.4 Å². The van der Waals surface area contributed by atoms with Gasteiger partial charge in [-0.05, 0) is 80.6 Å². The number of rotatable bonds is 8. The van der Waals surface area contributed by atoms with Crippen LogP contribution in [0.2, 0.25) is 0 Å². The number of nitrogens with one attached hydrogen (secondary N) is 1. The van der Waals surface area contributed by atoms with Crippen LogP contribution in [0.1, 0.15) is 82.6 Å². The molecule has 218 valence electrons. The molecule has 0 spiro atoms. The van der Waals surface area contributed by atoms with E-state index < -0.39 is 36.1 Å². The molecule has 0 aromatic carbocycles. The van der Waals surface area contributed by atoms with Crippen LogP contribution in [-0.2, 0) is 18.8 Å². The van der Waals surface area contributed by atoms with Gasteiger partial charge in [0.1, 0.15) is 11.6 Å². The van der Waals surface area contributed by atoms with Crippen LogP contribution in [-0.4, -0.2) is 82.5 Å². The lowest BCUT2D eigenvalue weighted by atomic mass is 9.81. The molecule has 3 rings (SSSR count). The molecule has 1 aromatic heterocycles. The summed E-state index contributed by atoms with van der Waals surface area (Å²) in [5.74, 6) is 0.767. The first-order valence-electron chi connectivity index (χ1n) is 14.1. The summed E-state index contributed by atoms with van der Waals surface area (Å²) in [5.41, 5.74) is -0.694. The fourth-order valence-corrected chi connectivity index (χ4v) is 4.71. The lowest BCUT2D eigenvalue weighted by molar-refractivity contribution is -0.133. The molecule has 0 radical (unpaired) electrons. The summed E-state index contributed by atoms with van der Waals surface area (Å²) >= 11 is 0. The van der Waals surface area contributed by atoms with Crippen molar-refractivity contribution in [2.75, 3.05) is 24.5 Å². The number of hydrogen-bond donors (Lipinski definition) is 1. The van der Waals surface area contributed by atoms with E-state index in [0.29, 0.717) is 19.0 Å². The Morgan fingerprint density at radius 1 is 1.13 bits per heavy atom. The molecular weight excluding hydrogens is 497 g/mol. The average molecular weight is 546 g/mol. The van der Waals surface area contributed by atoms with Crippen molar-refractivity contribution in [3.63, 3.8) is 0 Å². The van der Waals surface area contributed by atoms with Crippen molar-refractivity contribution in [3.8, 4) is 0 Å². The third-order valence-corrected chi connectivity index (χ3v) is 7.72. The first-order valence-corrected chi connectivity index (χ1v) is 14.1. The number of alkyl carbamates (subject to hydrolysis) is 1. The van der Waals surface area contributed by atoms with E-state index in [0.717, 1.165) is 18.4 Å². The topological polar surface area (TPSA) is 106 Å². The van der Waals surface area contributed by atoms with Crippen LogP contribution in [0.5, 0.6) is 0 Å². The van der Waals surface area contributed by atoms with Crippen LogP contribution < -0.4 is 15.7 Å². The van der Waals surface area contributed by atoms with Gasteiger partial charge in [0.15, 0.2) is 0 Å². The fraction of sp³-hybridized carbons (Fsp3) is 0.786. The van der Waals surface area contributed by atoms with Crippen molar-refractivity contribution in [1.29, 1.82) is 0 Å². The SMILES string of the molecule is CC(C)[C@@H](NC(=O)OC(C)(C)C)C(=O)N1CC[C@H](CN(c2ncc(B3OC(C)(C)C(C)(C)O3)cn2)C(C)C)C1. The Bertz CT molecular complexity index is 993. The minimum atomic E-state index is -0.634. The van der Waals surface area contributed by atoms with Gasteiger partial charge < -0.3 is 29.2 Å². The molecule has 1 N–H and O–H groups in total. The van der Waals surface area contributed by atoms with Gasteiger partial charge in [-0.15, -0.1) is 0 Å². The molecule has 2 aliphatic heterocycles. The lowest BCUT2D eigenvalue weighted by Gasteiger charge is -2.32. The smallest absolute Gasteiger partial charge is 0.444 e. The van der Waals surface area contributed by atoms with Gasteiger partial charge in [0.2, 0.25) is 11.9 Å². The summed E-state index contributed by atoms with van der Waals surface area (Å²) in [7, 11) is -0.505. The zero-order chi connectivity index (χ0) is 29.3. The number of carbonyl (C=O) groups is 2. The van der Waals surface area contributed by atoms with E-state index in [1.165, 1.54) is 0 Å². The molecule has 11 heteroatoms. The fourth-order valence-electron chi connectivity index (χ4n) is 4.71. The van der Waals surface area contributed by atoms with Crippen LogP contribution in [0, 0.1) is 11.8 Å². The summed E-state index contributed by atoms with van der Waals surface area (Å²) in [4.78, 5) is 39.1. The average Bonchev–Trinajstić information content (AvgIpc) is 3.35. The molecule has 10 nitrogen and oxygen atoms in total. The second-order valence-corrected chi connectivity index (χ2v) is 13.5. The van der Waals surface area contributed by atoms with E-state index in [1.54, 1.807) is 33.2 Å². The molecule has 0 bridgehead atoms.